The Labute approximate surface area is 129 Å². The fraction of sp³-hybridized carbons (Fsp3) is 0.312. The topological polar surface area (TPSA) is 64.3 Å². The van der Waals surface area contributed by atoms with Crippen molar-refractivity contribution in [2.75, 3.05) is 18.5 Å². The van der Waals surface area contributed by atoms with Crippen LogP contribution in [0.4, 0.5) is 5.82 Å². The molecule has 0 aliphatic carbocycles. The summed E-state index contributed by atoms with van der Waals surface area (Å²) < 4.78 is 7.49. The lowest BCUT2D eigenvalue weighted by Crippen LogP contribution is -2.09. The molecule has 3 rings (SSSR count). The second kappa shape index (κ2) is 7.00. The molecule has 1 unspecified atom stereocenters. The van der Waals surface area contributed by atoms with Crippen molar-refractivity contribution in [2.45, 2.75) is 19.4 Å². The number of ether oxygens (including phenoxy) is 1. The van der Waals surface area contributed by atoms with Gasteiger partial charge in [-0.05, 0) is 31.0 Å². The Morgan fingerprint density at radius 3 is 2.91 bits per heavy atom. The lowest BCUT2D eigenvalue weighted by Gasteiger charge is -2.13. The average molecular weight is 297 g/mol. The highest BCUT2D eigenvalue weighted by Crippen LogP contribution is 2.15. The Bertz CT molecular complexity index is 713. The first-order chi connectivity index (χ1) is 10.8. The van der Waals surface area contributed by atoms with Gasteiger partial charge in [0.1, 0.15) is 12.1 Å². The lowest BCUT2D eigenvalue weighted by atomic mass is 10.1. The number of aromatic nitrogens is 4. The Balaban J connectivity index is 1.40. The minimum Gasteiger partial charge on any atom is -0.374 e. The van der Waals surface area contributed by atoms with Crippen molar-refractivity contribution in [1.82, 2.24) is 19.8 Å². The summed E-state index contributed by atoms with van der Waals surface area (Å²) >= 11 is 0. The second-order valence-electron chi connectivity index (χ2n) is 5.06. The highest BCUT2D eigenvalue weighted by Gasteiger charge is 2.04. The maximum absolute atomic E-state index is 5.84. The number of benzene rings is 1. The minimum atomic E-state index is 0.118. The zero-order valence-corrected chi connectivity index (χ0v) is 12.5. The van der Waals surface area contributed by atoms with Crippen LogP contribution in [0.3, 0.4) is 0 Å². The average Bonchev–Trinajstić information content (AvgIpc) is 3.03. The molecular formula is C16H19N5O. The molecule has 3 aromatic rings. The number of anilines is 1. The molecule has 0 amide bonds. The number of hydrogen-bond donors (Lipinski definition) is 1. The molecule has 2 aromatic heterocycles. The van der Waals surface area contributed by atoms with Crippen molar-refractivity contribution in [3.05, 3.63) is 54.4 Å². The summed E-state index contributed by atoms with van der Waals surface area (Å²) in [5, 5.41) is 15.4. The number of nitrogens with zero attached hydrogens (tertiary/aromatic N) is 4. The number of rotatable bonds is 7. The van der Waals surface area contributed by atoms with Gasteiger partial charge in [-0.25, -0.2) is 0 Å². The summed E-state index contributed by atoms with van der Waals surface area (Å²) in [6, 6.07) is 14.0. The van der Waals surface area contributed by atoms with Crippen LogP contribution < -0.4 is 5.32 Å². The molecule has 22 heavy (non-hydrogen) atoms. The summed E-state index contributed by atoms with van der Waals surface area (Å²) in [5.41, 5.74) is 1.95. The van der Waals surface area contributed by atoms with Crippen LogP contribution >= 0.6 is 0 Å². The van der Waals surface area contributed by atoms with Gasteiger partial charge in [0.05, 0.1) is 6.10 Å². The third-order valence-electron chi connectivity index (χ3n) is 3.43. The second-order valence-corrected chi connectivity index (χ2v) is 5.06. The molecule has 6 nitrogen and oxygen atoms in total. The predicted molar refractivity (Wildman–Crippen MR) is 84.7 cm³/mol. The van der Waals surface area contributed by atoms with Crippen LogP contribution in [0.15, 0.2) is 48.8 Å². The Kier molecular flexibility index (Phi) is 4.60. The van der Waals surface area contributed by atoms with Crippen LogP contribution in [0.1, 0.15) is 25.0 Å². The minimum absolute atomic E-state index is 0.118. The Hall–Kier alpha value is -2.47. The van der Waals surface area contributed by atoms with E-state index in [1.165, 1.54) is 5.56 Å². The zero-order valence-electron chi connectivity index (χ0n) is 12.5. The quantitative estimate of drug-likeness (QED) is 0.679. The van der Waals surface area contributed by atoms with Crippen molar-refractivity contribution in [1.29, 1.82) is 0 Å². The van der Waals surface area contributed by atoms with Gasteiger partial charge < -0.3 is 10.1 Å². The van der Waals surface area contributed by atoms with Gasteiger partial charge in [-0.3, -0.25) is 0 Å². The molecule has 0 saturated heterocycles. The molecule has 1 atom stereocenters. The van der Waals surface area contributed by atoms with E-state index in [9.17, 15) is 0 Å². The molecule has 1 N–H and O–H groups in total. The van der Waals surface area contributed by atoms with Gasteiger partial charge >= 0.3 is 0 Å². The molecule has 0 aliphatic heterocycles. The van der Waals surface area contributed by atoms with Crippen LogP contribution in [0.2, 0.25) is 0 Å². The molecule has 0 radical (unpaired) electrons. The normalized spacial score (nSPS) is 12.4. The van der Waals surface area contributed by atoms with Crippen molar-refractivity contribution in [2.24, 2.45) is 0 Å². The molecule has 0 spiro atoms. The largest absolute Gasteiger partial charge is 0.374 e. The molecule has 1 aromatic carbocycles. The van der Waals surface area contributed by atoms with E-state index in [0.717, 1.165) is 24.4 Å². The molecule has 0 aliphatic rings. The van der Waals surface area contributed by atoms with E-state index in [1.54, 1.807) is 10.8 Å². The summed E-state index contributed by atoms with van der Waals surface area (Å²) in [5.74, 6) is 0.809. The van der Waals surface area contributed by atoms with Crippen LogP contribution in [0.5, 0.6) is 0 Å². The van der Waals surface area contributed by atoms with Gasteiger partial charge in [-0.1, -0.05) is 30.3 Å². The van der Waals surface area contributed by atoms with E-state index in [1.807, 2.05) is 30.3 Å². The third-order valence-corrected chi connectivity index (χ3v) is 3.43. The van der Waals surface area contributed by atoms with E-state index in [2.05, 4.69) is 39.7 Å². The van der Waals surface area contributed by atoms with E-state index in [0.29, 0.717) is 6.61 Å². The first kappa shape index (κ1) is 14.5. The number of hydrogen-bond acceptors (Lipinski definition) is 5. The van der Waals surface area contributed by atoms with Gasteiger partial charge in [0, 0.05) is 13.2 Å². The summed E-state index contributed by atoms with van der Waals surface area (Å²) in [7, 11) is 0. The van der Waals surface area contributed by atoms with Gasteiger partial charge in [0.25, 0.3) is 0 Å². The van der Waals surface area contributed by atoms with Crippen molar-refractivity contribution in [3.8, 4) is 0 Å². The first-order valence-corrected chi connectivity index (χ1v) is 7.40. The van der Waals surface area contributed by atoms with E-state index in [-0.39, 0.29) is 6.10 Å². The summed E-state index contributed by atoms with van der Waals surface area (Å²) in [4.78, 5) is 0. The van der Waals surface area contributed by atoms with E-state index in [4.69, 9.17) is 4.74 Å². The Morgan fingerprint density at radius 2 is 2.05 bits per heavy atom. The van der Waals surface area contributed by atoms with Crippen molar-refractivity contribution >= 4 is 11.5 Å². The molecule has 0 bridgehead atoms. The number of nitrogens with one attached hydrogen (secondary N) is 1. The van der Waals surface area contributed by atoms with Gasteiger partial charge in [0.2, 0.25) is 0 Å². The third kappa shape index (κ3) is 3.59. The SMILES string of the molecule is CC(OCCCNc1ccc2nncn2n1)c1ccccc1. The maximum Gasteiger partial charge on any atom is 0.177 e. The molecule has 114 valence electrons. The van der Waals surface area contributed by atoms with Crippen LogP contribution in [0, 0.1) is 0 Å². The molecule has 0 fully saturated rings. The van der Waals surface area contributed by atoms with Gasteiger partial charge in [-0.15, -0.1) is 15.3 Å². The standard InChI is InChI=1S/C16H19N5O/c1-13(14-6-3-2-4-7-14)22-11-5-10-17-15-8-9-16-19-18-12-21(16)20-15/h2-4,6-9,12-13H,5,10-11H2,1H3,(H,17,20). The summed E-state index contributed by atoms with van der Waals surface area (Å²) in [6.07, 6.45) is 2.62. The summed E-state index contributed by atoms with van der Waals surface area (Å²) in [6.45, 7) is 3.59. The van der Waals surface area contributed by atoms with E-state index < -0.39 is 0 Å². The van der Waals surface area contributed by atoms with Crippen molar-refractivity contribution < 1.29 is 4.74 Å². The van der Waals surface area contributed by atoms with Crippen molar-refractivity contribution in [3.63, 3.8) is 0 Å². The fourth-order valence-corrected chi connectivity index (χ4v) is 2.19. The van der Waals surface area contributed by atoms with Gasteiger partial charge in [0.15, 0.2) is 5.65 Å². The lowest BCUT2D eigenvalue weighted by molar-refractivity contribution is 0.0656. The van der Waals surface area contributed by atoms with E-state index >= 15 is 0 Å². The number of fused-ring (bicyclic) bond motifs is 1. The van der Waals surface area contributed by atoms with Crippen LogP contribution in [-0.4, -0.2) is 33.0 Å². The van der Waals surface area contributed by atoms with Gasteiger partial charge in [-0.2, -0.15) is 4.52 Å². The first-order valence-electron chi connectivity index (χ1n) is 7.40. The fourth-order valence-electron chi connectivity index (χ4n) is 2.19. The smallest absolute Gasteiger partial charge is 0.177 e. The monoisotopic (exact) mass is 297 g/mol. The predicted octanol–water partition coefficient (Wildman–Crippen LogP) is 2.70. The zero-order chi connectivity index (χ0) is 15.2. The van der Waals surface area contributed by atoms with Crippen LogP contribution in [-0.2, 0) is 4.74 Å². The molecule has 0 saturated carbocycles. The maximum atomic E-state index is 5.84. The van der Waals surface area contributed by atoms with Crippen LogP contribution in [0.25, 0.3) is 5.65 Å². The molecule has 6 heteroatoms. The highest BCUT2D eigenvalue weighted by molar-refractivity contribution is 5.42. The Morgan fingerprint density at radius 1 is 1.18 bits per heavy atom. The molecule has 2 heterocycles. The molecular weight excluding hydrogens is 278 g/mol. The highest BCUT2D eigenvalue weighted by atomic mass is 16.5.